The lowest BCUT2D eigenvalue weighted by Crippen LogP contribution is -2.41. The van der Waals surface area contributed by atoms with Crippen molar-refractivity contribution >= 4 is 29.0 Å². The maximum absolute atomic E-state index is 13.3. The fourth-order valence-corrected chi connectivity index (χ4v) is 3.85. The number of amides is 1. The second-order valence-corrected chi connectivity index (χ2v) is 7.61. The molecule has 6 heteroatoms. The van der Waals surface area contributed by atoms with Gasteiger partial charge in [0.05, 0.1) is 18.7 Å². The quantitative estimate of drug-likeness (QED) is 0.649. The molecule has 3 aromatic rings. The average molecular weight is 407 g/mol. The molecular weight excluding hydrogens is 388 g/mol. The molecule has 146 valence electrons. The topological polar surface area (TPSA) is 70.5 Å². The summed E-state index contributed by atoms with van der Waals surface area (Å²) in [7, 11) is 0. The number of rotatable bonds is 5. The van der Waals surface area contributed by atoms with Crippen molar-refractivity contribution in [3.8, 4) is 0 Å². The van der Waals surface area contributed by atoms with Crippen LogP contribution in [0.25, 0.3) is 0 Å². The van der Waals surface area contributed by atoms with Gasteiger partial charge < -0.3 is 10.0 Å². The highest BCUT2D eigenvalue weighted by Gasteiger charge is 2.51. The first kappa shape index (κ1) is 19.3. The van der Waals surface area contributed by atoms with E-state index in [1.807, 2.05) is 31.2 Å². The van der Waals surface area contributed by atoms with E-state index in [9.17, 15) is 14.7 Å². The van der Waals surface area contributed by atoms with Crippen LogP contribution in [0, 0.1) is 6.92 Å². The van der Waals surface area contributed by atoms with E-state index in [0.717, 1.165) is 11.1 Å². The molecule has 2 aromatic carbocycles. The molecule has 1 amide bonds. The minimum absolute atomic E-state index is 0.298. The van der Waals surface area contributed by atoms with Crippen molar-refractivity contribution in [1.29, 1.82) is 0 Å². The summed E-state index contributed by atoms with van der Waals surface area (Å²) in [4.78, 5) is 31.5. The maximum Gasteiger partial charge on any atom is 0.264 e. The van der Waals surface area contributed by atoms with E-state index < -0.39 is 11.5 Å². The lowest BCUT2D eigenvalue weighted by atomic mass is 9.88. The van der Waals surface area contributed by atoms with Crippen LogP contribution in [0.2, 0.25) is 5.02 Å². The number of aryl methyl sites for hydroxylation is 1. The summed E-state index contributed by atoms with van der Waals surface area (Å²) < 4.78 is 0. The molecule has 0 fully saturated rings. The Labute approximate surface area is 173 Å². The minimum atomic E-state index is -1.97. The Kier molecular flexibility index (Phi) is 4.94. The number of hydrogen-bond donors (Lipinski definition) is 1. The number of fused-ring (bicyclic) bond motifs is 1. The number of carbonyl (C=O) groups excluding carboxylic acids is 2. The van der Waals surface area contributed by atoms with Crippen LogP contribution in [0.15, 0.2) is 67.0 Å². The summed E-state index contributed by atoms with van der Waals surface area (Å²) >= 11 is 6.15. The van der Waals surface area contributed by atoms with Gasteiger partial charge in [0.25, 0.3) is 5.91 Å². The van der Waals surface area contributed by atoms with Gasteiger partial charge in [-0.15, -0.1) is 0 Å². The fraction of sp³-hybridized carbons (Fsp3) is 0.174. The molecule has 0 radical (unpaired) electrons. The monoisotopic (exact) mass is 406 g/mol. The zero-order valence-corrected chi connectivity index (χ0v) is 16.6. The van der Waals surface area contributed by atoms with Crippen LogP contribution in [0.3, 0.4) is 0 Å². The third-order valence-electron chi connectivity index (χ3n) is 5.30. The summed E-state index contributed by atoms with van der Waals surface area (Å²) in [5.41, 5.74) is 1.34. The number of nitrogens with zero attached hydrogens (tertiary/aromatic N) is 2. The number of halogens is 1. The Morgan fingerprint density at radius 3 is 2.59 bits per heavy atom. The summed E-state index contributed by atoms with van der Waals surface area (Å²) in [6.45, 7) is 2.27. The number of ketones is 1. The molecular formula is C23H19ClN2O3. The van der Waals surface area contributed by atoms with Gasteiger partial charge in [-0.25, -0.2) is 0 Å². The van der Waals surface area contributed by atoms with Gasteiger partial charge in [-0.05, 0) is 48.4 Å². The Morgan fingerprint density at radius 2 is 1.86 bits per heavy atom. The normalized spacial score (nSPS) is 18.0. The van der Waals surface area contributed by atoms with E-state index in [1.54, 1.807) is 30.3 Å². The van der Waals surface area contributed by atoms with E-state index in [2.05, 4.69) is 4.98 Å². The first-order valence-electron chi connectivity index (χ1n) is 9.22. The second-order valence-electron chi connectivity index (χ2n) is 7.18. The molecule has 2 heterocycles. The molecule has 29 heavy (non-hydrogen) atoms. The molecule has 0 unspecified atom stereocenters. The predicted molar refractivity (Wildman–Crippen MR) is 111 cm³/mol. The Hall–Kier alpha value is -3.02. The van der Waals surface area contributed by atoms with Crippen LogP contribution in [0.4, 0.5) is 5.69 Å². The summed E-state index contributed by atoms with van der Waals surface area (Å²) in [5, 5.41) is 11.8. The van der Waals surface area contributed by atoms with Crippen molar-refractivity contribution < 1.29 is 14.7 Å². The number of carbonyl (C=O) groups is 2. The number of aromatic nitrogens is 1. The van der Waals surface area contributed by atoms with Crippen LogP contribution in [-0.4, -0.2) is 21.8 Å². The molecule has 1 aliphatic heterocycles. The van der Waals surface area contributed by atoms with E-state index in [4.69, 9.17) is 11.6 Å². The van der Waals surface area contributed by atoms with E-state index >= 15 is 0 Å². The maximum atomic E-state index is 13.3. The minimum Gasteiger partial charge on any atom is -0.375 e. The largest absolute Gasteiger partial charge is 0.375 e. The lowest BCUT2D eigenvalue weighted by molar-refractivity contribution is -0.136. The van der Waals surface area contributed by atoms with Crippen molar-refractivity contribution in [2.24, 2.45) is 0 Å². The smallest absolute Gasteiger partial charge is 0.264 e. The van der Waals surface area contributed by atoms with E-state index in [-0.39, 0.29) is 12.2 Å². The molecule has 1 aromatic heterocycles. The van der Waals surface area contributed by atoms with Crippen LogP contribution in [-0.2, 0) is 16.9 Å². The molecule has 0 bridgehead atoms. The Balaban J connectivity index is 1.73. The number of Topliss-reactive ketones (excluding diaryl/α,β-unsaturated/α-hetero) is 1. The molecule has 0 spiro atoms. The van der Waals surface area contributed by atoms with Gasteiger partial charge in [0.2, 0.25) is 0 Å². The number of hydrogen-bond acceptors (Lipinski definition) is 4. The van der Waals surface area contributed by atoms with E-state index in [0.29, 0.717) is 28.4 Å². The van der Waals surface area contributed by atoms with Crippen molar-refractivity contribution in [2.75, 3.05) is 4.90 Å². The van der Waals surface area contributed by atoms with Gasteiger partial charge in [0.1, 0.15) is 0 Å². The van der Waals surface area contributed by atoms with Gasteiger partial charge in [-0.3, -0.25) is 14.6 Å². The van der Waals surface area contributed by atoms with Crippen LogP contribution in [0.5, 0.6) is 0 Å². The SMILES string of the molecule is Cc1ccccc1CN1C(=O)[C@](O)(CC(=O)c2ccncc2)c2cc(Cl)ccc21. The third kappa shape index (κ3) is 3.43. The zero-order valence-electron chi connectivity index (χ0n) is 15.8. The molecule has 0 saturated heterocycles. The summed E-state index contributed by atoms with van der Waals surface area (Å²) in [6.07, 6.45) is 2.64. The molecule has 0 saturated carbocycles. The molecule has 1 N–H and O–H groups in total. The summed E-state index contributed by atoms with van der Waals surface area (Å²) in [5.74, 6) is -0.868. The van der Waals surface area contributed by atoms with Crippen molar-refractivity contribution in [3.05, 3.63) is 94.3 Å². The molecule has 1 aliphatic rings. The number of aliphatic hydroxyl groups is 1. The first-order chi connectivity index (χ1) is 13.9. The van der Waals surface area contributed by atoms with Crippen LogP contribution in [0.1, 0.15) is 33.5 Å². The second kappa shape index (κ2) is 7.43. The highest BCUT2D eigenvalue weighted by molar-refractivity contribution is 6.31. The molecule has 0 aliphatic carbocycles. The van der Waals surface area contributed by atoms with E-state index in [1.165, 1.54) is 17.3 Å². The lowest BCUT2D eigenvalue weighted by Gasteiger charge is -2.23. The Morgan fingerprint density at radius 1 is 1.14 bits per heavy atom. The van der Waals surface area contributed by atoms with Gasteiger partial charge in [-0.1, -0.05) is 35.9 Å². The Bertz CT molecular complexity index is 1100. The standard InChI is InChI=1S/C23H19ClN2O3/c1-15-4-2-3-5-17(15)14-26-20-7-6-18(24)12-19(20)23(29,22(26)28)13-21(27)16-8-10-25-11-9-16/h2-12,29H,13-14H2,1H3/t23-/m0/s1. The van der Waals surface area contributed by atoms with Gasteiger partial charge in [0.15, 0.2) is 11.4 Å². The highest BCUT2D eigenvalue weighted by Crippen LogP contribution is 2.44. The van der Waals surface area contributed by atoms with Gasteiger partial charge in [-0.2, -0.15) is 0 Å². The molecule has 1 atom stereocenters. The number of pyridine rings is 1. The van der Waals surface area contributed by atoms with Gasteiger partial charge >= 0.3 is 0 Å². The van der Waals surface area contributed by atoms with Crippen LogP contribution >= 0.6 is 11.6 Å². The predicted octanol–water partition coefficient (Wildman–Crippen LogP) is 4.05. The number of benzene rings is 2. The number of anilines is 1. The zero-order chi connectivity index (χ0) is 20.6. The molecule has 4 rings (SSSR count). The van der Waals surface area contributed by atoms with Crippen molar-refractivity contribution in [1.82, 2.24) is 4.98 Å². The highest BCUT2D eigenvalue weighted by atomic mass is 35.5. The average Bonchev–Trinajstić information content (AvgIpc) is 2.92. The third-order valence-corrected chi connectivity index (χ3v) is 5.54. The van der Waals surface area contributed by atoms with Crippen LogP contribution < -0.4 is 4.90 Å². The fourth-order valence-electron chi connectivity index (χ4n) is 3.68. The molecule has 5 nitrogen and oxygen atoms in total. The van der Waals surface area contributed by atoms with Gasteiger partial charge in [0, 0.05) is 28.5 Å². The summed E-state index contributed by atoms with van der Waals surface area (Å²) in [6, 6.07) is 15.8. The van der Waals surface area contributed by atoms with Crippen molar-refractivity contribution in [3.63, 3.8) is 0 Å². The van der Waals surface area contributed by atoms with Crippen molar-refractivity contribution in [2.45, 2.75) is 25.5 Å². The first-order valence-corrected chi connectivity index (χ1v) is 9.60.